The highest BCUT2D eigenvalue weighted by molar-refractivity contribution is 7.93. The van der Waals surface area contributed by atoms with Gasteiger partial charge in [0.2, 0.25) is 0 Å². The Balaban J connectivity index is 1.72. The summed E-state index contributed by atoms with van der Waals surface area (Å²) in [6.45, 7) is 0. The number of anilines is 1. The molecule has 2 aromatic carbocycles. The Kier molecular flexibility index (Phi) is 4.33. The third-order valence-electron chi connectivity index (χ3n) is 4.14. The van der Waals surface area contributed by atoms with E-state index in [1.54, 1.807) is 43.6 Å². The van der Waals surface area contributed by atoms with Crippen LogP contribution in [-0.4, -0.2) is 23.2 Å². The summed E-state index contributed by atoms with van der Waals surface area (Å²) in [6, 6.07) is 17.5. The van der Waals surface area contributed by atoms with Gasteiger partial charge in [-0.2, -0.15) is 5.10 Å². The van der Waals surface area contributed by atoms with Crippen LogP contribution in [0.2, 0.25) is 5.02 Å². The van der Waals surface area contributed by atoms with Gasteiger partial charge >= 0.3 is 0 Å². The average Bonchev–Trinajstić information content (AvgIpc) is 3.01. The molecule has 0 atom stereocenters. The fraction of sp³-hybridized carbons (Fsp3) is 0.0526. The van der Waals surface area contributed by atoms with Gasteiger partial charge in [0.1, 0.15) is 10.7 Å². The maximum absolute atomic E-state index is 12.9. The topological polar surface area (TPSA) is 76.9 Å². The summed E-state index contributed by atoms with van der Waals surface area (Å²) in [5, 5.41) is 5.76. The summed E-state index contributed by atoms with van der Waals surface area (Å²) in [5.41, 5.74) is 1.91. The molecule has 4 rings (SSSR count). The van der Waals surface area contributed by atoms with Crippen molar-refractivity contribution < 1.29 is 8.42 Å². The number of fused-ring (bicyclic) bond motifs is 1. The van der Waals surface area contributed by atoms with Gasteiger partial charge in [0.25, 0.3) is 10.0 Å². The van der Waals surface area contributed by atoms with Gasteiger partial charge in [0.15, 0.2) is 0 Å². The Morgan fingerprint density at radius 2 is 1.78 bits per heavy atom. The second-order valence-electron chi connectivity index (χ2n) is 5.98. The number of hydrogen-bond acceptors (Lipinski definition) is 4. The van der Waals surface area contributed by atoms with Gasteiger partial charge < -0.3 is 0 Å². The highest BCUT2D eigenvalue weighted by Crippen LogP contribution is 2.26. The standard InChI is InChI=1S/C19H15ClN4O2S/c1-24-18(12-16(22-24)13-7-9-15(20)10-8-13)23-27(25,26)17-6-2-4-14-5-3-11-21-19(14)17/h2-12,23H,1H3. The molecule has 27 heavy (non-hydrogen) atoms. The third-order valence-corrected chi connectivity index (χ3v) is 5.78. The van der Waals surface area contributed by atoms with Gasteiger partial charge in [0, 0.05) is 35.3 Å². The molecule has 0 bridgehead atoms. The monoisotopic (exact) mass is 398 g/mol. The average molecular weight is 399 g/mol. The van der Waals surface area contributed by atoms with Crippen LogP contribution in [0.5, 0.6) is 0 Å². The lowest BCUT2D eigenvalue weighted by atomic mass is 10.1. The molecule has 0 amide bonds. The molecule has 8 heteroatoms. The molecule has 6 nitrogen and oxygen atoms in total. The Morgan fingerprint density at radius 1 is 1.04 bits per heavy atom. The molecule has 1 N–H and O–H groups in total. The van der Waals surface area contributed by atoms with Crippen LogP contribution in [0, 0.1) is 0 Å². The first-order chi connectivity index (χ1) is 12.9. The lowest BCUT2D eigenvalue weighted by molar-refractivity contribution is 0.601. The van der Waals surface area contributed by atoms with Crippen LogP contribution in [0.4, 0.5) is 5.82 Å². The predicted molar refractivity (Wildman–Crippen MR) is 106 cm³/mol. The Bertz CT molecular complexity index is 1230. The van der Waals surface area contributed by atoms with E-state index >= 15 is 0 Å². The zero-order valence-electron chi connectivity index (χ0n) is 14.3. The van der Waals surface area contributed by atoms with Crippen LogP contribution >= 0.6 is 11.6 Å². The molecule has 4 aromatic rings. The molecule has 0 radical (unpaired) electrons. The second-order valence-corrected chi connectivity index (χ2v) is 8.07. The number of hydrogen-bond donors (Lipinski definition) is 1. The molecular formula is C19H15ClN4O2S. The van der Waals surface area contributed by atoms with E-state index < -0.39 is 10.0 Å². The van der Waals surface area contributed by atoms with Crippen molar-refractivity contribution in [2.45, 2.75) is 4.90 Å². The quantitative estimate of drug-likeness (QED) is 0.561. The number of pyridine rings is 1. The molecule has 0 spiro atoms. The normalized spacial score (nSPS) is 11.6. The fourth-order valence-electron chi connectivity index (χ4n) is 2.81. The highest BCUT2D eigenvalue weighted by atomic mass is 35.5. The largest absolute Gasteiger partial charge is 0.265 e. The number of rotatable bonds is 4. The molecule has 0 unspecified atom stereocenters. The minimum absolute atomic E-state index is 0.120. The van der Waals surface area contributed by atoms with E-state index in [9.17, 15) is 8.42 Å². The minimum Gasteiger partial charge on any atom is -0.263 e. The van der Waals surface area contributed by atoms with Crippen LogP contribution in [-0.2, 0) is 17.1 Å². The first-order valence-electron chi connectivity index (χ1n) is 8.10. The van der Waals surface area contributed by atoms with Crippen molar-refractivity contribution >= 4 is 38.3 Å². The number of aryl methyl sites for hydroxylation is 1. The second kappa shape index (κ2) is 6.68. The van der Waals surface area contributed by atoms with Crippen LogP contribution < -0.4 is 4.72 Å². The van der Waals surface area contributed by atoms with E-state index in [0.29, 0.717) is 22.1 Å². The molecule has 2 heterocycles. The van der Waals surface area contributed by atoms with E-state index in [0.717, 1.165) is 10.9 Å². The first-order valence-corrected chi connectivity index (χ1v) is 9.97. The summed E-state index contributed by atoms with van der Waals surface area (Å²) in [4.78, 5) is 4.34. The van der Waals surface area contributed by atoms with Crippen LogP contribution in [0.1, 0.15) is 0 Å². The predicted octanol–water partition coefficient (Wildman–Crippen LogP) is 4.09. The summed E-state index contributed by atoms with van der Waals surface area (Å²) in [6.07, 6.45) is 1.57. The van der Waals surface area contributed by atoms with Crippen molar-refractivity contribution in [2.75, 3.05) is 4.72 Å². The van der Waals surface area contributed by atoms with Gasteiger partial charge in [-0.1, -0.05) is 41.9 Å². The van der Waals surface area contributed by atoms with Crippen molar-refractivity contribution in [1.29, 1.82) is 0 Å². The van der Waals surface area contributed by atoms with Crippen molar-refractivity contribution in [1.82, 2.24) is 14.8 Å². The van der Waals surface area contributed by atoms with E-state index in [1.165, 1.54) is 10.7 Å². The molecule has 136 valence electrons. The third kappa shape index (κ3) is 3.39. The zero-order valence-corrected chi connectivity index (χ0v) is 15.9. The molecular weight excluding hydrogens is 384 g/mol. The fourth-order valence-corrected chi connectivity index (χ4v) is 4.20. The summed E-state index contributed by atoms with van der Waals surface area (Å²) < 4.78 is 30.0. The van der Waals surface area contributed by atoms with Gasteiger partial charge in [0.05, 0.1) is 11.2 Å². The van der Waals surface area contributed by atoms with E-state index in [4.69, 9.17) is 11.6 Å². The van der Waals surface area contributed by atoms with Gasteiger partial charge in [-0.05, 0) is 24.3 Å². The number of benzene rings is 2. The van der Waals surface area contributed by atoms with E-state index in [-0.39, 0.29) is 4.90 Å². The van der Waals surface area contributed by atoms with Crippen molar-refractivity contribution in [3.8, 4) is 11.3 Å². The number of nitrogens with one attached hydrogen (secondary N) is 1. The van der Waals surface area contributed by atoms with Crippen LogP contribution in [0.3, 0.4) is 0 Å². The molecule has 0 aliphatic heterocycles. The molecule has 0 fully saturated rings. The lowest BCUT2D eigenvalue weighted by Crippen LogP contribution is -2.16. The molecule has 2 aromatic heterocycles. The first kappa shape index (κ1) is 17.5. The van der Waals surface area contributed by atoms with Crippen molar-refractivity contribution in [3.05, 3.63) is 71.9 Å². The summed E-state index contributed by atoms with van der Waals surface area (Å²) in [7, 11) is -2.15. The molecule has 0 aliphatic carbocycles. The van der Waals surface area contributed by atoms with E-state index in [2.05, 4.69) is 14.8 Å². The number of halogens is 1. The van der Waals surface area contributed by atoms with E-state index in [1.807, 2.05) is 24.3 Å². The smallest absolute Gasteiger partial charge is 0.263 e. The molecule has 0 saturated heterocycles. The maximum Gasteiger partial charge on any atom is 0.265 e. The maximum atomic E-state index is 12.9. The Morgan fingerprint density at radius 3 is 2.56 bits per heavy atom. The number of para-hydroxylation sites is 1. The van der Waals surface area contributed by atoms with Crippen LogP contribution in [0.15, 0.2) is 71.8 Å². The lowest BCUT2D eigenvalue weighted by Gasteiger charge is -2.09. The number of sulfonamides is 1. The highest BCUT2D eigenvalue weighted by Gasteiger charge is 2.20. The van der Waals surface area contributed by atoms with Gasteiger partial charge in [-0.3, -0.25) is 14.4 Å². The Hall–Kier alpha value is -2.90. The summed E-state index contributed by atoms with van der Waals surface area (Å²) >= 11 is 5.92. The summed E-state index contributed by atoms with van der Waals surface area (Å²) in [5.74, 6) is 0.355. The zero-order chi connectivity index (χ0) is 19.0. The van der Waals surface area contributed by atoms with Crippen molar-refractivity contribution in [2.24, 2.45) is 7.05 Å². The molecule has 0 saturated carbocycles. The number of aromatic nitrogens is 3. The molecule has 0 aliphatic rings. The van der Waals surface area contributed by atoms with Crippen molar-refractivity contribution in [3.63, 3.8) is 0 Å². The number of nitrogens with zero attached hydrogens (tertiary/aromatic N) is 3. The van der Waals surface area contributed by atoms with Gasteiger partial charge in [-0.15, -0.1) is 0 Å². The Labute approximate surface area is 161 Å². The SMILES string of the molecule is Cn1nc(-c2ccc(Cl)cc2)cc1NS(=O)(=O)c1cccc2cccnc12. The van der Waals surface area contributed by atoms with Crippen LogP contribution in [0.25, 0.3) is 22.2 Å². The van der Waals surface area contributed by atoms with Gasteiger partial charge in [-0.25, -0.2) is 8.42 Å². The minimum atomic E-state index is -3.83.